The van der Waals surface area contributed by atoms with Crippen molar-refractivity contribution in [3.63, 3.8) is 0 Å². The molecule has 4 nitrogen and oxygen atoms in total. The molecule has 0 saturated carbocycles. The molecule has 1 aliphatic rings. The first-order valence-corrected chi connectivity index (χ1v) is 7.43. The Kier molecular flexibility index (Phi) is 4.70. The summed E-state index contributed by atoms with van der Waals surface area (Å²) >= 11 is 0. The van der Waals surface area contributed by atoms with Gasteiger partial charge in [0.1, 0.15) is 5.82 Å². The number of rotatable bonds is 3. The molecule has 0 aromatic heterocycles. The highest BCUT2D eigenvalue weighted by molar-refractivity contribution is 5.96. The minimum absolute atomic E-state index is 0.118. The van der Waals surface area contributed by atoms with Gasteiger partial charge in [0.25, 0.3) is 0 Å². The number of halogens is 1. The molecule has 0 bridgehead atoms. The molecular formula is C16H23FN2O2. The predicted molar refractivity (Wildman–Crippen MR) is 81.9 cm³/mol. The van der Waals surface area contributed by atoms with Gasteiger partial charge in [-0.2, -0.15) is 0 Å². The average molecular weight is 294 g/mol. The van der Waals surface area contributed by atoms with E-state index < -0.39 is 5.97 Å². The van der Waals surface area contributed by atoms with E-state index in [0.29, 0.717) is 17.5 Å². The lowest BCUT2D eigenvalue weighted by Crippen LogP contribution is -2.39. The van der Waals surface area contributed by atoms with Crippen LogP contribution in [0.1, 0.15) is 37.6 Å². The largest absolute Gasteiger partial charge is 0.462 e. The maximum absolute atomic E-state index is 14.2. The number of carbonyl (C=O) groups is 1. The molecule has 0 radical (unpaired) electrons. The van der Waals surface area contributed by atoms with E-state index >= 15 is 0 Å². The zero-order valence-corrected chi connectivity index (χ0v) is 12.9. The van der Waals surface area contributed by atoms with Crippen LogP contribution in [0.5, 0.6) is 0 Å². The van der Waals surface area contributed by atoms with E-state index in [9.17, 15) is 9.18 Å². The highest BCUT2D eigenvalue weighted by Crippen LogP contribution is 2.31. The summed E-state index contributed by atoms with van der Waals surface area (Å²) in [6.45, 7) is 7.88. The van der Waals surface area contributed by atoms with Gasteiger partial charge >= 0.3 is 5.97 Å². The number of hydrogen-bond donors (Lipinski definition) is 1. The Bertz CT molecular complexity index is 523. The number of nitrogens with zero attached hydrogens (tertiary/aromatic N) is 1. The lowest BCUT2D eigenvalue weighted by Gasteiger charge is -2.37. The molecular weight excluding hydrogens is 271 g/mol. The predicted octanol–water partition coefficient (Wildman–Crippen LogP) is 3.07. The van der Waals surface area contributed by atoms with Crippen molar-refractivity contribution in [2.45, 2.75) is 27.2 Å². The van der Waals surface area contributed by atoms with E-state index in [0.717, 1.165) is 19.5 Å². The fourth-order valence-electron chi connectivity index (χ4n) is 3.06. The summed E-state index contributed by atoms with van der Waals surface area (Å²) in [4.78, 5) is 13.9. The van der Waals surface area contributed by atoms with Crippen LogP contribution >= 0.6 is 0 Å². The Morgan fingerprint density at radius 3 is 2.57 bits per heavy atom. The second-order valence-corrected chi connectivity index (χ2v) is 5.96. The molecule has 5 heteroatoms. The van der Waals surface area contributed by atoms with Gasteiger partial charge in [-0.15, -0.1) is 0 Å². The average Bonchev–Trinajstić information content (AvgIpc) is 2.37. The van der Waals surface area contributed by atoms with E-state index in [2.05, 4.69) is 13.8 Å². The summed E-state index contributed by atoms with van der Waals surface area (Å²) in [7, 11) is 0. The number of piperidine rings is 1. The molecule has 2 rings (SSSR count). The molecule has 0 spiro atoms. The second kappa shape index (κ2) is 6.33. The van der Waals surface area contributed by atoms with Gasteiger partial charge in [0.15, 0.2) is 0 Å². The summed E-state index contributed by atoms with van der Waals surface area (Å²) in [5.41, 5.74) is 6.54. The van der Waals surface area contributed by atoms with Crippen LogP contribution in [0.4, 0.5) is 15.8 Å². The molecule has 2 N–H and O–H groups in total. The van der Waals surface area contributed by atoms with Gasteiger partial charge in [0.2, 0.25) is 0 Å². The van der Waals surface area contributed by atoms with Gasteiger partial charge < -0.3 is 15.4 Å². The highest BCUT2D eigenvalue weighted by Gasteiger charge is 2.25. The Morgan fingerprint density at radius 1 is 1.38 bits per heavy atom. The van der Waals surface area contributed by atoms with E-state index in [4.69, 9.17) is 10.5 Å². The Balaban J connectivity index is 2.34. The number of carbonyl (C=O) groups excluding carboxylic acids is 1. The standard InChI is InChI=1S/C16H23FN2O2/c1-4-21-16(20)12-6-15(13(17)7-14(12)18)19-8-10(2)5-11(3)9-19/h6-7,10-11H,4-5,8-9,18H2,1-3H3. The Morgan fingerprint density at radius 2 is 2.00 bits per heavy atom. The molecule has 1 fully saturated rings. The molecule has 0 amide bonds. The number of hydrogen-bond acceptors (Lipinski definition) is 4. The first-order valence-electron chi connectivity index (χ1n) is 7.43. The monoisotopic (exact) mass is 294 g/mol. The number of anilines is 2. The lowest BCUT2D eigenvalue weighted by molar-refractivity contribution is 0.0527. The molecule has 1 aliphatic heterocycles. The first-order chi connectivity index (χ1) is 9.92. The van der Waals surface area contributed by atoms with Gasteiger partial charge in [-0.25, -0.2) is 9.18 Å². The fraction of sp³-hybridized carbons (Fsp3) is 0.562. The Hall–Kier alpha value is -1.78. The zero-order valence-electron chi connectivity index (χ0n) is 12.9. The third kappa shape index (κ3) is 3.46. The quantitative estimate of drug-likeness (QED) is 0.687. The van der Waals surface area contributed by atoms with Crippen LogP contribution in [0.2, 0.25) is 0 Å². The minimum atomic E-state index is -0.505. The van der Waals surface area contributed by atoms with Gasteiger partial charge in [-0.3, -0.25) is 0 Å². The van der Waals surface area contributed by atoms with Gasteiger partial charge in [-0.05, 0) is 37.3 Å². The van der Waals surface area contributed by atoms with Crippen molar-refractivity contribution in [2.75, 3.05) is 30.3 Å². The highest BCUT2D eigenvalue weighted by atomic mass is 19.1. The number of benzene rings is 1. The van der Waals surface area contributed by atoms with Gasteiger partial charge in [0, 0.05) is 18.8 Å². The lowest BCUT2D eigenvalue weighted by atomic mass is 9.91. The van der Waals surface area contributed by atoms with Crippen LogP contribution in [0.15, 0.2) is 12.1 Å². The van der Waals surface area contributed by atoms with Crippen LogP contribution in [0.25, 0.3) is 0 Å². The van der Waals surface area contributed by atoms with E-state index in [-0.39, 0.29) is 23.7 Å². The van der Waals surface area contributed by atoms with Crippen LogP contribution in [0.3, 0.4) is 0 Å². The van der Waals surface area contributed by atoms with Crippen molar-refractivity contribution in [3.8, 4) is 0 Å². The number of ether oxygens (including phenoxy) is 1. The SMILES string of the molecule is CCOC(=O)c1cc(N2CC(C)CC(C)C2)c(F)cc1N. The maximum Gasteiger partial charge on any atom is 0.340 e. The van der Waals surface area contributed by atoms with E-state index in [1.807, 2.05) is 4.90 Å². The van der Waals surface area contributed by atoms with Crippen molar-refractivity contribution in [1.29, 1.82) is 0 Å². The Labute approximate surface area is 125 Å². The molecule has 116 valence electrons. The van der Waals surface area contributed by atoms with Crippen molar-refractivity contribution in [2.24, 2.45) is 11.8 Å². The molecule has 1 heterocycles. The van der Waals surface area contributed by atoms with E-state index in [1.54, 1.807) is 6.92 Å². The fourth-order valence-corrected chi connectivity index (χ4v) is 3.06. The zero-order chi connectivity index (χ0) is 15.6. The minimum Gasteiger partial charge on any atom is -0.462 e. The van der Waals surface area contributed by atoms with Crippen molar-refractivity contribution < 1.29 is 13.9 Å². The molecule has 1 aromatic rings. The third-order valence-electron chi connectivity index (χ3n) is 3.82. The number of esters is 1. The summed E-state index contributed by atoms with van der Waals surface area (Å²) < 4.78 is 19.2. The summed E-state index contributed by atoms with van der Waals surface area (Å²) in [5.74, 6) is 0.102. The molecule has 2 unspecified atom stereocenters. The topological polar surface area (TPSA) is 55.6 Å². The van der Waals surface area contributed by atoms with Crippen molar-refractivity contribution in [3.05, 3.63) is 23.5 Å². The van der Waals surface area contributed by atoms with Crippen molar-refractivity contribution in [1.82, 2.24) is 0 Å². The smallest absolute Gasteiger partial charge is 0.340 e. The van der Waals surface area contributed by atoms with Crippen molar-refractivity contribution >= 4 is 17.3 Å². The van der Waals surface area contributed by atoms with Crippen LogP contribution in [-0.4, -0.2) is 25.7 Å². The normalized spacial score (nSPS) is 22.2. The van der Waals surface area contributed by atoms with Crippen LogP contribution < -0.4 is 10.6 Å². The van der Waals surface area contributed by atoms with E-state index in [1.165, 1.54) is 12.1 Å². The van der Waals surface area contributed by atoms with Gasteiger partial charge in [-0.1, -0.05) is 13.8 Å². The second-order valence-electron chi connectivity index (χ2n) is 5.96. The maximum atomic E-state index is 14.2. The number of nitrogen functional groups attached to an aromatic ring is 1. The summed E-state index contributed by atoms with van der Waals surface area (Å²) in [6.07, 6.45) is 1.14. The van der Waals surface area contributed by atoms with Crippen LogP contribution in [-0.2, 0) is 4.74 Å². The molecule has 21 heavy (non-hydrogen) atoms. The summed E-state index contributed by atoms with van der Waals surface area (Å²) in [6, 6.07) is 2.74. The first kappa shape index (κ1) is 15.6. The van der Waals surface area contributed by atoms with Gasteiger partial charge in [0.05, 0.1) is 17.9 Å². The summed E-state index contributed by atoms with van der Waals surface area (Å²) in [5, 5.41) is 0. The molecule has 2 atom stereocenters. The number of nitrogens with two attached hydrogens (primary N) is 1. The molecule has 0 aliphatic carbocycles. The molecule has 1 saturated heterocycles. The molecule has 1 aromatic carbocycles. The van der Waals surface area contributed by atoms with Crippen LogP contribution in [0, 0.1) is 17.7 Å². The third-order valence-corrected chi connectivity index (χ3v) is 3.82.